The summed E-state index contributed by atoms with van der Waals surface area (Å²) in [7, 11) is 4.96. The second kappa shape index (κ2) is 6.40. The van der Waals surface area contributed by atoms with Crippen molar-refractivity contribution in [2.75, 3.05) is 47.6 Å². The van der Waals surface area contributed by atoms with E-state index in [-0.39, 0.29) is 6.10 Å². The second-order valence-corrected chi connectivity index (χ2v) is 3.53. The van der Waals surface area contributed by atoms with E-state index >= 15 is 0 Å². The van der Waals surface area contributed by atoms with Gasteiger partial charge in [-0.1, -0.05) is 0 Å². The smallest absolute Gasteiger partial charge is 0.196 e. The fourth-order valence-corrected chi connectivity index (χ4v) is 1.82. The molecule has 5 nitrogen and oxygen atoms in total. The van der Waals surface area contributed by atoms with E-state index in [1.807, 2.05) is 0 Å². The van der Waals surface area contributed by atoms with E-state index in [2.05, 4.69) is 5.32 Å². The maximum absolute atomic E-state index is 5.68. The molecule has 1 fully saturated rings. The lowest BCUT2D eigenvalue weighted by molar-refractivity contribution is -0.279. The third-order valence-corrected chi connectivity index (χ3v) is 2.77. The van der Waals surface area contributed by atoms with Crippen molar-refractivity contribution in [3.8, 4) is 0 Å². The molecule has 0 aromatic rings. The van der Waals surface area contributed by atoms with Crippen molar-refractivity contribution in [1.82, 2.24) is 5.32 Å². The minimum atomic E-state index is -0.612. The summed E-state index contributed by atoms with van der Waals surface area (Å²) in [5.41, 5.74) is 0. The summed E-state index contributed by atoms with van der Waals surface area (Å²) in [6.45, 7) is 2.76. The highest BCUT2D eigenvalue weighted by molar-refractivity contribution is 4.87. The van der Waals surface area contributed by atoms with E-state index in [1.165, 1.54) is 0 Å². The van der Waals surface area contributed by atoms with Gasteiger partial charge in [-0.15, -0.1) is 0 Å². The van der Waals surface area contributed by atoms with Crippen LogP contribution in [0.1, 0.15) is 6.42 Å². The number of rotatable bonds is 6. The van der Waals surface area contributed by atoms with Gasteiger partial charge in [0, 0.05) is 40.8 Å². The number of piperidine rings is 1. The van der Waals surface area contributed by atoms with Gasteiger partial charge in [-0.2, -0.15) is 0 Å². The molecule has 0 amide bonds. The lowest BCUT2D eigenvalue weighted by Gasteiger charge is -2.41. The van der Waals surface area contributed by atoms with Gasteiger partial charge in [0.25, 0.3) is 0 Å². The highest BCUT2D eigenvalue weighted by Crippen LogP contribution is 2.25. The van der Waals surface area contributed by atoms with Crippen LogP contribution in [0.3, 0.4) is 0 Å². The first-order valence-electron chi connectivity index (χ1n) is 5.20. The molecule has 0 aliphatic carbocycles. The average Bonchev–Trinajstić information content (AvgIpc) is 2.30. The number of hydrogen-bond acceptors (Lipinski definition) is 5. The van der Waals surface area contributed by atoms with Crippen LogP contribution >= 0.6 is 0 Å². The largest absolute Gasteiger partial charge is 0.382 e. The fourth-order valence-electron chi connectivity index (χ4n) is 1.82. The summed E-state index contributed by atoms with van der Waals surface area (Å²) in [6, 6.07) is 0. The molecule has 1 rings (SSSR count). The summed E-state index contributed by atoms with van der Waals surface area (Å²) in [5.74, 6) is -0.612. The fraction of sp³-hybridized carbons (Fsp3) is 1.00. The van der Waals surface area contributed by atoms with Crippen LogP contribution in [-0.4, -0.2) is 59.5 Å². The number of nitrogens with one attached hydrogen (secondary N) is 1. The Bertz CT molecular complexity index is 173. The Morgan fingerprint density at radius 3 is 2.53 bits per heavy atom. The van der Waals surface area contributed by atoms with Crippen molar-refractivity contribution in [1.29, 1.82) is 0 Å². The number of methoxy groups -OCH3 is 3. The maximum Gasteiger partial charge on any atom is 0.196 e. The van der Waals surface area contributed by atoms with Crippen LogP contribution in [0.5, 0.6) is 0 Å². The zero-order valence-electron chi connectivity index (χ0n) is 9.75. The van der Waals surface area contributed by atoms with Crippen molar-refractivity contribution in [2.45, 2.75) is 18.3 Å². The van der Waals surface area contributed by atoms with Crippen molar-refractivity contribution >= 4 is 0 Å². The van der Waals surface area contributed by atoms with Gasteiger partial charge in [-0.05, 0) is 0 Å². The van der Waals surface area contributed by atoms with Gasteiger partial charge in [0.2, 0.25) is 0 Å². The molecule has 1 unspecified atom stereocenters. The predicted octanol–water partition coefficient (Wildman–Crippen LogP) is 0.000400. The van der Waals surface area contributed by atoms with Crippen LogP contribution in [-0.2, 0) is 18.9 Å². The van der Waals surface area contributed by atoms with E-state index in [4.69, 9.17) is 18.9 Å². The van der Waals surface area contributed by atoms with Gasteiger partial charge < -0.3 is 24.3 Å². The molecule has 1 N–H and O–H groups in total. The van der Waals surface area contributed by atoms with Crippen LogP contribution in [0.2, 0.25) is 0 Å². The standard InChI is InChI=1S/C10H21NO4/c1-12-6-7-15-9-8-11-5-4-10(9,13-2)14-3/h9,11H,4-8H2,1-3H3. The Kier molecular flexibility index (Phi) is 5.49. The normalized spacial score (nSPS) is 25.4. The third kappa shape index (κ3) is 3.12. The van der Waals surface area contributed by atoms with Gasteiger partial charge in [-0.3, -0.25) is 0 Å². The monoisotopic (exact) mass is 219 g/mol. The van der Waals surface area contributed by atoms with Crippen LogP contribution in [0.15, 0.2) is 0 Å². The molecule has 0 aromatic carbocycles. The van der Waals surface area contributed by atoms with E-state index in [9.17, 15) is 0 Å². The highest BCUT2D eigenvalue weighted by atomic mass is 16.7. The molecule has 0 saturated carbocycles. The van der Waals surface area contributed by atoms with Crippen molar-refractivity contribution in [3.05, 3.63) is 0 Å². The minimum absolute atomic E-state index is 0.0867. The molecule has 1 aliphatic rings. The van der Waals surface area contributed by atoms with E-state index in [0.29, 0.717) is 13.2 Å². The highest BCUT2D eigenvalue weighted by Gasteiger charge is 2.42. The van der Waals surface area contributed by atoms with Crippen LogP contribution in [0.25, 0.3) is 0 Å². The van der Waals surface area contributed by atoms with Crippen molar-refractivity contribution < 1.29 is 18.9 Å². The van der Waals surface area contributed by atoms with Crippen molar-refractivity contribution in [2.24, 2.45) is 0 Å². The van der Waals surface area contributed by atoms with E-state index < -0.39 is 5.79 Å². The first-order chi connectivity index (χ1) is 7.29. The molecule has 0 spiro atoms. The summed E-state index contributed by atoms with van der Waals surface area (Å²) >= 11 is 0. The molecule has 15 heavy (non-hydrogen) atoms. The summed E-state index contributed by atoms with van der Waals surface area (Å²) < 4.78 is 21.5. The second-order valence-electron chi connectivity index (χ2n) is 3.53. The quantitative estimate of drug-likeness (QED) is 0.503. The number of hydrogen-bond donors (Lipinski definition) is 1. The number of ether oxygens (including phenoxy) is 4. The van der Waals surface area contributed by atoms with Gasteiger partial charge in [0.15, 0.2) is 5.79 Å². The first-order valence-corrected chi connectivity index (χ1v) is 5.20. The summed E-state index contributed by atoms with van der Waals surface area (Å²) in [5, 5.41) is 3.26. The molecule has 1 atom stereocenters. The summed E-state index contributed by atoms with van der Waals surface area (Å²) in [6.07, 6.45) is 0.703. The van der Waals surface area contributed by atoms with Crippen molar-refractivity contribution in [3.63, 3.8) is 0 Å². The molecule has 1 aliphatic heterocycles. The molecular formula is C10H21NO4. The molecule has 1 saturated heterocycles. The minimum Gasteiger partial charge on any atom is -0.382 e. The average molecular weight is 219 g/mol. The zero-order chi connectivity index (χ0) is 11.1. The molecular weight excluding hydrogens is 198 g/mol. The van der Waals surface area contributed by atoms with Gasteiger partial charge in [0.1, 0.15) is 6.10 Å². The molecule has 0 radical (unpaired) electrons. The molecule has 90 valence electrons. The topological polar surface area (TPSA) is 49.0 Å². The maximum atomic E-state index is 5.68. The summed E-state index contributed by atoms with van der Waals surface area (Å²) in [4.78, 5) is 0. The third-order valence-electron chi connectivity index (χ3n) is 2.77. The van der Waals surface area contributed by atoms with Crippen LogP contribution in [0.4, 0.5) is 0 Å². The Hall–Kier alpha value is -0.200. The lowest BCUT2D eigenvalue weighted by atomic mass is 10.0. The Morgan fingerprint density at radius 2 is 1.93 bits per heavy atom. The predicted molar refractivity (Wildman–Crippen MR) is 55.9 cm³/mol. The van der Waals surface area contributed by atoms with Crippen LogP contribution in [0, 0.1) is 0 Å². The molecule has 0 bridgehead atoms. The van der Waals surface area contributed by atoms with Gasteiger partial charge in [0.05, 0.1) is 13.2 Å². The van der Waals surface area contributed by atoms with Gasteiger partial charge in [-0.25, -0.2) is 0 Å². The zero-order valence-corrected chi connectivity index (χ0v) is 9.75. The first kappa shape index (κ1) is 12.9. The van der Waals surface area contributed by atoms with Crippen LogP contribution < -0.4 is 5.32 Å². The Morgan fingerprint density at radius 1 is 1.20 bits per heavy atom. The van der Waals surface area contributed by atoms with E-state index in [0.717, 1.165) is 19.5 Å². The van der Waals surface area contributed by atoms with Gasteiger partial charge >= 0.3 is 0 Å². The molecule has 0 aromatic heterocycles. The Balaban J connectivity index is 2.48. The Labute approximate surface area is 91.0 Å². The van der Waals surface area contributed by atoms with E-state index in [1.54, 1.807) is 21.3 Å². The molecule has 5 heteroatoms. The lowest BCUT2D eigenvalue weighted by Crippen LogP contribution is -2.57. The molecule has 1 heterocycles. The SMILES string of the molecule is COCCOC1CNCCC1(OC)OC.